The van der Waals surface area contributed by atoms with E-state index in [4.69, 9.17) is 0 Å². The third-order valence-corrected chi connectivity index (χ3v) is 8.77. The molecule has 9 heteroatoms. The Bertz CT molecular complexity index is 2030. The number of fused-ring (bicyclic) bond motifs is 4. The van der Waals surface area contributed by atoms with Gasteiger partial charge in [-0.3, -0.25) is 19.2 Å². The lowest BCUT2D eigenvalue weighted by molar-refractivity contribution is -0.124. The SMILES string of the molecule is CC(=O)[C@@H]1C(C)=CC(=O)c2c1c(-c1c3c(c(O)c4c(O)cccc14)C(=O)C[C@](C)(O)[C@@H]3C(C)=O)c1cccc(O)c1c2O. The van der Waals surface area contributed by atoms with Gasteiger partial charge in [-0.2, -0.15) is 0 Å². The highest BCUT2D eigenvalue weighted by molar-refractivity contribution is 6.24. The first-order valence-corrected chi connectivity index (χ1v) is 13.7. The Kier molecular flexibility index (Phi) is 6.04. The van der Waals surface area contributed by atoms with E-state index in [1.165, 1.54) is 51.1 Å². The van der Waals surface area contributed by atoms with E-state index < -0.39 is 52.7 Å². The molecule has 3 atom stereocenters. The van der Waals surface area contributed by atoms with Crippen LogP contribution in [0.25, 0.3) is 32.7 Å². The molecule has 6 rings (SSSR count). The molecular formula is C34H28O9. The van der Waals surface area contributed by atoms with E-state index in [0.717, 1.165) is 0 Å². The molecule has 9 nitrogen and oxygen atoms in total. The number of carbonyl (C=O) groups excluding carboxylic acids is 4. The molecule has 0 saturated heterocycles. The van der Waals surface area contributed by atoms with E-state index in [2.05, 4.69) is 0 Å². The second kappa shape index (κ2) is 9.24. The largest absolute Gasteiger partial charge is 0.507 e. The molecular weight excluding hydrogens is 552 g/mol. The summed E-state index contributed by atoms with van der Waals surface area (Å²) >= 11 is 0. The van der Waals surface area contributed by atoms with Gasteiger partial charge >= 0.3 is 0 Å². The minimum Gasteiger partial charge on any atom is -0.507 e. The Balaban J connectivity index is 2.01. The Morgan fingerprint density at radius 2 is 1.28 bits per heavy atom. The van der Waals surface area contributed by atoms with Crippen molar-refractivity contribution in [1.82, 2.24) is 0 Å². The van der Waals surface area contributed by atoms with Gasteiger partial charge in [0.05, 0.1) is 39.3 Å². The van der Waals surface area contributed by atoms with E-state index in [0.29, 0.717) is 5.57 Å². The number of carbonyl (C=O) groups is 4. The van der Waals surface area contributed by atoms with Crippen LogP contribution in [0, 0.1) is 0 Å². The maximum absolute atomic E-state index is 13.7. The zero-order valence-electron chi connectivity index (χ0n) is 23.8. The molecule has 4 aromatic rings. The Morgan fingerprint density at radius 1 is 0.767 bits per heavy atom. The van der Waals surface area contributed by atoms with Gasteiger partial charge in [0, 0.05) is 6.42 Å². The lowest BCUT2D eigenvalue weighted by atomic mass is 9.65. The molecule has 4 aromatic carbocycles. The number of ketones is 4. The molecule has 0 bridgehead atoms. The van der Waals surface area contributed by atoms with Gasteiger partial charge in [0.15, 0.2) is 11.6 Å². The Hall–Kier alpha value is -5.02. The maximum Gasteiger partial charge on any atom is 0.189 e. The number of phenolic OH excluding ortho intramolecular Hbond substituents is 4. The standard InChI is InChI=1S/C34H28O9/c1-13-11-20(39)27-29(22(13)14(2)35)25(16-7-5-9-18(37)23(16)32(27)41)26-17-8-6-10-19(38)24(17)33(42)28-21(40)12-34(4,43)31(15(3)36)30(26)28/h5-11,22,31,37-38,41-43H,12H2,1-4H3/t22-,31+,34-/m0/s1. The van der Waals surface area contributed by atoms with Gasteiger partial charge in [-0.05, 0) is 78.9 Å². The summed E-state index contributed by atoms with van der Waals surface area (Å²) in [7, 11) is 0. The predicted octanol–water partition coefficient (Wildman–Crippen LogP) is 5.31. The number of hydrogen-bond donors (Lipinski definition) is 5. The van der Waals surface area contributed by atoms with Gasteiger partial charge in [-0.25, -0.2) is 0 Å². The van der Waals surface area contributed by atoms with Gasteiger partial charge in [-0.15, -0.1) is 0 Å². The van der Waals surface area contributed by atoms with Gasteiger partial charge < -0.3 is 25.5 Å². The van der Waals surface area contributed by atoms with E-state index in [9.17, 15) is 44.7 Å². The van der Waals surface area contributed by atoms with Gasteiger partial charge in [-0.1, -0.05) is 29.8 Å². The summed E-state index contributed by atoms with van der Waals surface area (Å²) in [6, 6.07) is 8.72. The average Bonchev–Trinajstić information content (AvgIpc) is 2.88. The number of aliphatic hydroxyl groups is 1. The van der Waals surface area contributed by atoms with Crippen molar-refractivity contribution < 1.29 is 44.7 Å². The predicted molar refractivity (Wildman–Crippen MR) is 158 cm³/mol. The lowest BCUT2D eigenvalue weighted by Gasteiger charge is -2.39. The summed E-state index contributed by atoms with van der Waals surface area (Å²) in [5.41, 5.74) is -1.72. The molecule has 0 amide bonds. The van der Waals surface area contributed by atoms with E-state index in [1.807, 2.05) is 0 Å². The molecule has 2 aliphatic carbocycles. The summed E-state index contributed by atoms with van der Waals surface area (Å²) in [6.07, 6.45) is 0.745. The quantitative estimate of drug-likeness (QED) is 0.216. The molecule has 2 aliphatic rings. The average molecular weight is 581 g/mol. The topological polar surface area (TPSA) is 169 Å². The van der Waals surface area contributed by atoms with Crippen molar-refractivity contribution in [3.05, 3.63) is 70.3 Å². The highest BCUT2D eigenvalue weighted by Crippen LogP contribution is 2.57. The van der Waals surface area contributed by atoms with Crippen molar-refractivity contribution in [2.24, 2.45) is 0 Å². The van der Waals surface area contributed by atoms with Gasteiger partial charge in [0.1, 0.15) is 34.6 Å². The lowest BCUT2D eigenvalue weighted by Crippen LogP contribution is -2.43. The smallest absolute Gasteiger partial charge is 0.189 e. The minimum absolute atomic E-state index is 0.0381. The summed E-state index contributed by atoms with van der Waals surface area (Å²) in [4.78, 5) is 53.8. The monoisotopic (exact) mass is 580 g/mol. The molecule has 0 aliphatic heterocycles. The first-order chi connectivity index (χ1) is 20.2. The molecule has 0 radical (unpaired) electrons. The number of phenols is 4. The van der Waals surface area contributed by atoms with Crippen LogP contribution in [0.4, 0.5) is 0 Å². The molecule has 0 fully saturated rings. The number of hydrogen-bond acceptors (Lipinski definition) is 9. The summed E-state index contributed by atoms with van der Waals surface area (Å²) in [5, 5.41) is 56.5. The van der Waals surface area contributed by atoms with Crippen molar-refractivity contribution in [3.8, 4) is 34.1 Å². The summed E-state index contributed by atoms with van der Waals surface area (Å²) < 4.78 is 0. The van der Waals surface area contributed by atoms with E-state index >= 15 is 0 Å². The third-order valence-electron chi connectivity index (χ3n) is 8.77. The highest BCUT2D eigenvalue weighted by Gasteiger charge is 2.49. The molecule has 0 unspecified atom stereocenters. The molecule has 0 saturated carbocycles. The Morgan fingerprint density at radius 3 is 1.79 bits per heavy atom. The Labute approximate surface area is 245 Å². The molecule has 0 aromatic heterocycles. The number of allylic oxidation sites excluding steroid dienone is 2. The molecule has 5 N–H and O–H groups in total. The van der Waals surface area contributed by atoms with Crippen LogP contribution in [0.1, 0.15) is 77.8 Å². The second-order valence-electron chi connectivity index (χ2n) is 11.7. The fraction of sp³-hybridized carbons (Fsp3) is 0.235. The summed E-state index contributed by atoms with van der Waals surface area (Å²) in [5.74, 6) is -6.46. The number of benzene rings is 4. The van der Waals surface area contributed by atoms with Gasteiger partial charge in [0.25, 0.3) is 0 Å². The van der Waals surface area contributed by atoms with Crippen molar-refractivity contribution in [3.63, 3.8) is 0 Å². The minimum atomic E-state index is -1.89. The van der Waals surface area contributed by atoms with Crippen LogP contribution in [0.2, 0.25) is 0 Å². The second-order valence-corrected chi connectivity index (χ2v) is 11.7. The van der Waals surface area contributed by atoms with Crippen molar-refractivity contribution in [2.45, 2.75) is 51.6 Å². The van der Waals surface area contributed by atoms with Crippen molar-refractivity contribution in [2.75, 3.05) is 0 Å². The number of Topliss-reactive ketones (excluding diaryl/α,β-unsaturated/α-hetero) is 3. The fourth-order valence-electron chi connectivity index (χ4n) is 7.27. The highest BCUT2D eigenvalue weighted by atomic mass is 16.3. The number of rotatable bonds is 3. The molecule has 43 heavy (non-hydrogen) atoms. The zero-order chi connectivity index (χ0) is 31.3. The first kappa shape index (κ1) is 28.1. The normalized spacial score (nSPS) is 21.5. The van der Waals surface area contributed by atoms with Gasteiger partial charge in [0.2, 0.25) is 0 Å². The van der Waals surface area contributed by atoms with Crippen LogP contribution < -0.4 is 0 Å². The first-order valence-electron chi connectivity index (χ1n) is 13.7. The zero-order valence-corrected chi connectivity index (χ0v) is 23.8. The van der Waals surface area contributed by atoms with Crippen LogP contribution >= 0.6 is 0 Å². The fourth-order valence-corrected chi connectivity index (χ4v) is 7.27. The van der Waals surface area contributed by atoms with Crippen LogP contribution in [-0.2, 0) is 9.59 Å². The van der Waals surface area contributed by atoms with Crippen molar-refractivity contribution in [1.29, 1.82) is 0 Å². The van der Waals surface area contributed by atoms with Crippen LogP contribution in [0.3, 0.4) is 0 Å². The van der Waals surface area contributed by atoms with Crippen LogP contribution in [0.15, 0.2) is 48.0 Å². The van der Waals surface area contributed by atoms with Crippen LogP contribution in [0.5, 0.6) is 23.0 Å². The third kappa shape index (κ3) is 3.74. The van der Waals surface area contributed by atoms with Crippen LogP contribution in [-0.4, -0.2) is 54.3 Å². The van der Waals surface area contributed by atoms with E-state index in [1.54, 1.807) is 19.1 Å². The maximum atomic E-state index is 13.7. The molecule has 218 valence electrons. The van der Waals surface area contributed by atoms with E-state index in [-0.39, 0.29) is 72.2 Å². The number of aromatic hydroxyl groups is 4. The van der Waals surface area contributed by atoms with Crippen molar-refractivity contribution >= 4 is 44.7 Å². The molecule has 0 heterocycles. The summed E-state index contributed by atoms with van der Waals surface area (Å²) in [6.45, 7) is 5.52. The molecule has 0 spiro atoms.